The quantitative estimate of drug-likeness (QED) is 0.866. The fourth-order valence-corrected chi connectivity index (χ4v) is 2.57. The number of ether oxygens (including phenoxy) is 1. The highest BCUT2D eigenvalue weighted by Gasteiger charge is 2.19. The summed E-state index contributed by atoms with van der Waals surface area (Å²) < 4.78 is 5.10. The molecule has 0 aromatic carbocycles. The SMILES string of the molecule is COc1ccc(NC(C)C2CCCCC2)nc1. The molecule has 2 rings (SSSR count). The fourth-order valence-electron chi connectivity index (χ4n) is 2.57. The molecule has 1 atom stereocenters. The zero-order chi connectivity index (χ0) is 12.1. The maximum absolute atomic E-state index is 5.10. The molecule has 1 aromatic rings. The van der Waals surface area contributed by atoms with E-state index in [2.05, 4.69) is 17.2 Å². The molecule has 94 valence electrons. The zero-order valence-corrected chi connectivity index (χ0v) is 10.8. The first-order valence-corrected chi connectivity index (χ1v) is 6.56. The summed E-state index contributed by atoms with van der Waals surface area (Å²) in [6.07, 6.45) is 8.63. The lowest BCUT2D eigenvalue weighted by Crippen LogP contribution is -2.27. The van der Waals surface area contributed by atoms with E-state index >= 15 is 0 Å². The smallest absolute Gasteiger partial charge is 0.137 e. The Morgan fingerprint density at radius 2 is 2.06 bits per heavy atom. The number of anilines is 1. The summed E-state index contributed by atoms with van der Waals surface area (Å²) in [6, 6.07) is 4.44. The van der Waals surface area contributed by atoms with Gasteiger partial charge in [0, 0.05) is 6.04 Å². The lowest BCUT2D eigenvalue weighted by molar-refractivity contribution is 0.328. The third kappa shape index (κ3) is 3.35. The van der Waals surface area contributed by atoms with Crippen molar-refractivity contribution in [3.8, 4) is 5.75 Å². The lowest BCUT2D eigenvalue weighted by atomic mass is 9.84. The molecular weight excluding hydrogens is 212 g/mol. The molecule has 0 bridgehead atoms. The first-order chi connectivity index (χ1) is 8.29. The molecule has 1 fully saturated rings. The first-order valence-electron chi connectivity index (χ1n) is 6.56. The van der Waals surface area contributed by atoms with Gasteiger partial charge in [0.15, 0.2) is 0 Å². The Morgan fingerprint density at radius 1 is 1.29 bits per heavy atom. The lowest BCUT2D eigenvalue weighted by Gasteiger charge is -2.28. The molecule has 0 spiro atoms. The minimum Gasteiger partial charge on any atom is -0.495 e. The summed E-state index contributed by atoms with van der Waals surface area (Å²) in [5, 5.41) is 3.50. The van der Waals surface area contributed by atoms with E-state index in [1.165, 1.54) is 32.1 Å². The van der Waals surface area contributed by atoms with Crippen molar-refractivity contribution in [1.29, 1.82) is 0 Å². The number of aromatic nitrogens is 1. The summed E-state index contributed by atoms with van der Waals surface area (Å²) in [6.45, 7) is 2.27. The fraction of sp³-hybridized carbons (Fsp3) is 0.643. The van der Waals surface area contributed by atoms with E-state index in [0.29, 0.717) is 6.04 Å². The summed E-state index contributed by atoms with van der Waals surface area (Å²) in [5.41, 5.74) is 0. The molecule has 0 amide bonds. The maximum Gasteiger partial charge on any atom is 0.137 e. The maximum atomic E-state index is 5.10. The predicted octanol–water partition coefficient (Wildman–Crippen LogP) is 3.47. The predicted molar refractivity (Wildman–Crippen MR) is 70.4 cm³/mol. The molecule has 0 aliphatic heterocycles. The Kier molecular flexibility index (Phi) is 4.24. The van der Waals surface area contributed by atoms with Crippen LogP contribution in [0, 0.1) is 5.92 Å². The second-order valence-corrected chi connectivity index (χ2v) is 4.91. The van der Waals surface area contributed by atoms with Gasteiger partial charge in [0.05, 0.1) is 13.3 Å². The van der Waals surface area contributed by atoms with E-state index in [1.54, 1.807) is 13.3 Å². The van der Waals surface area contributed by atoms with Crippen LogP contribution in [0.5, 0.6) is 5.75 Å². The molecule has 3 heteroatoms. The Labute approximate surface area is 104 Å². The Morgan fingerprint density at radius 3 is 2.65 bits per heavy atom. The molecule has 1 saturated carbocycles. The van der Waals surface area contributed by atoms with Gasteiger partial charge in [-0.05, 0) is 37.8 Å². The van der Waals surface area contributed by atoms with E-state index < -0.39 is 0 Å². The third-order valence-electron chi connectivity index (χ3n) is 3.70. The monoisotopic (exact) mass is 234 g/mol. The minimum absolute atomic E-state index is 0.510. The highest BCUT2D eigenvalue weighted by Crippen LogP contribution is 2.27. The van der Waals surface area contributed by atoms with Crippen LogP contribution in [-0.2, 0) is 0 Å². The summed E-state index contributed by atoms with van der Waals surface area (Å²) in [5.74, 6) is 2.55. The molecule has 1 aliphatic carbocycles. The number of pyridine rings is 1. The zero-order valence-electron chi connectivity index (χ0n) is 10.8. The first kappa shape index (κ1) is 12.2. The van der Waals surface area contributed by atoms with Crippen molar-refractivity contribution in [2.24, 2.45) is 5.92 Å². The summed E-state index contributed by atoms with van der Waals surface area (Å²) in [4.78, 5) is 4.35. The van der Waals surface area contributed by atoms with E-state index in [-0.39, 0.29) is 0 Å². The van der Waals surface area contributed by atoms with Crippen LogP contribution >= 0.6 is 0 Å². The third-order valence-corrected chi connectivity index (χ3v) is 3.70. The average molecular weight is 234 g/mol. The van der Waals surface area contributed by atoms with Crippen LogP contribution in [-0.4, -0.2) is 18.1 Å². The second-order valence-electron chi connectivity index (χ2n) is 4.91. The van der Waals surface area contributed by atoms with Crippen molar-refractivity contribution >= 4 is 5.82 Å². The second kappa shape index (κ2) is 5.89. The number of nitrogens with zero attached hydrogens (tertiary/aromatic N) is 1. The van der Waals surface area contributed by atoms with E-state index in [0.717, 1.165) is 17.5 Å². The molecule has 1 aromatic heterocycles. The number of hydrogen-bond donors (Lipinski definition) is 1. The van der Waals surface area contributed by atoms with Gasteiger partial charge in [0.2, 0.25) is 0 Å². The summed E-state index contributed by atoms with van der Waals surface area (Å²) in [7, 11) is 1.66. The van der Waals surface area contributed by atoms with Crippen molar-refractivity contribution in [3.05, 3.63) is 18.3 Å². The number of methoxy groups -OCH3 is 1. The van der Waals surface area contributed by atoms with Crippen molar-refractivity contribution in [1.82, 2.24) is 4.98 Å². The Hall–Kier alpha value is -1.25. The van der Waals surface area contributed by atoms with Crippen LogP contribution in [0.1, 0.15) is 39.0 Å². The van der Waals surface area contributed by atoms with Gasteiger partial charge < -0.3 is 10.1 Å². The molecular formula is C14H22N2O. The van der Waals surface area contributed by atoms with Gasteiger partial charge in [-0.3, -0.25) is 0 Å². The van der Waals surface area contributed by atoms with Crippen LogP contribution in [0.25, 0.3) is 0 Å². The van der Waals surface area contributed by atoms with Crippen molar-refractivity contribution < 1.29 is 4.74 Å². The molecule has 0 saturated heterocycles. The Balaban J connectivity index is 1.89. The van der Waals surface area contributed by atoms with E-state index in [1.807, 2.05) is 12.1 Å². The highest BCUT2D eigenvalue weighted by molar-refractivity contribution is 5.38. The van der Waals surface area contributed by atoms with Crippen molar-refractivity contribution in [3.63, 3.8) is 0 Å². The van der Waals surface area contributed by atoms with E-state index in [4.69, 9.17) is 4.74 Å². The molecule has 3 nitrogen and oxygen atoms in total. The number of nitrogens with one attached hydrogen (secondary N) is 1. The molecule has 0 radical (unpaired) electrons. The number of rotatable bonds is 4. The van der Waals surface area contributed by atoms with Crippen LogP contribution in [0.2, 0.25) is 0 Å². The van der Waals surface area contributed by atoms with Crippen molar-refractivity contribution in [2.75, 3.05) is 12.4 Å². The van der Waals surface area contributed by atoms with Gasteiger partial charge in [-0.15, -0.1) is 0 Å². The van der Waals surface area contributed by atoms with Gasteiger partial charge in [-0.25, -0.2) is 4.98 Å². The standard InChI is InChI=1S/C14H22N2O/c1-11(12-6-4-3-5-7-12)16-14-9-8-13(17-2)10-15-14/h8-12H,3-7H2,1-2H3,(H,15,16). The molecule has 1 aliphatic rings. The van der Waals surface area contributed by atoms with Crippen LogP contribution < -0.4 is 10.1 Å². The Bertz CT molecular complexity index is 331. The van der Waals surface area contributed by atoms with Crippen LogP contribution in [0.4, 0.5) is 5.82 Å². The topological polar surface area (TPSA) is 34.1 Å². The summed E-state index contributed by atoms with van der Waals surface area (Å²) >= 11 is 0. The van der Waals surface area contributed by atoms with E-state index in [9.17, 15) is 0 Å². The number of hydrogen-bond acceptors (Lipinski definition) is 3. The molecule has 1 unspecified atom stereocenters. The molecule has 1 heterocycles. The normalized spacial score (nSPS) is 18.7. The molecule has 1 N–H and O–H groups in total. The minimum atomic E-state index is 0.510. The highest BCUT2D eigenvalue weighted by atomic mass is 16.5. The van der Waals surface area contributed by atoms with Crippen LogP contribution in [0.3, 0.4) is 0 Å². The van der Waals surface area contributed by atoms with Crippen LogP contribution in [0.15, 0.2) is 18.3 Å². The van der Waals surface area contributed by atoms with Gasteiger partial charge in [-0.2, -0.15) is 0 Å². The van der Waals surface area contributed by atoms with Gasteiger partial charge >= 0.3 is 0 Å². The van der Waals surface area contributed by atoms with Gasteiger partial charge in [0.1, 0.15) is 11.6 Å². The van der Waals surface area contributed by atoms with Crippen molar-refractivity contribution in [2.45, 2.75) is 45.1 Å². The average Bonchev–Trinajstić information content (AvgIpc) is 2.40. The largest absolute Gasteiger partial charge is 0.495 e. The molecule has 17 heavy (non-hydrogen) atoms. The van der Waals surface area contributed by atoms with Gasteiger partial charge in [-0.1, -0.05) is 19.3 Å². The van der Waals surface area contributed by atoms with Gasteiger partial charge in [0.25, 0.3) is 0 Å².